The van der Waals surface area contributed by atoms with Crippen molar-refractivity contribution in [1.29, 1.82) is 0 Å². The largest absolute Gasteiger partial charge is 0.376 e. The van der Waals surface area contributed by atoms with Gasteiger partial charge < -0.3 is 9.47 Å². The van der Waals surface area contributed by atoms with E-state index < -0.39 is 0 Å². The van der Waals surface area contributed by atoms with E-state index >= 15 is 0 Å². The molecule has 3 nitrogen and oxygen atoms in total. The maximum atomic E-state index is 11.6. The predicted octanol–water partition coefficient (Wildman–Crippen LogP) is 5.73. The lowest BCUT2D eigenvalue weighted by molar-refractivity contribution is -0.114. The minimum absolute atomic E-state index is 0.108. The molecule has 0 bridgehead atoms. The Balaban J connectivity index is 2.48. The lowest BCUT2D eigenvalue weighted by Crippen LogP contribution is -2.33. The van der Waals surface area contributed by atoms with Gasteiger partial charge in [0.2, 0.25) is 0 Å². The Bertz CT molecular complexity index is 528. The smallest absolute Gasteiger partial charge is 0.155 e. The molecule has 0 N–H and O–H groups in total. The Kier molecular flexibility index (Phi) is 10.5. The molecule has 0 saturated carbocycles. The van der Waals surface area contributed by atoms with Crippen LogP contribution in [0.2, 0.25) is 0 Å². The van der Waals surface area contributed by atoms with Crippen LogP contribution in [0, 0.1) is 5.92 Å². The van der Waals surface area contributed by atoms with Crippen molar-refractivity contribution in [3.05, 3.63) is 48.0 Å². The highest BCUT2D eigenvalue weighted by Gasteiger charge is 2.23. The van der Waals surface area contributed by atoms with Crippen LogP contribution >= 0.6 is 0 Å². The Morgan fingerprint density at radius 2 is 1.88 bits per heavy atom. The van der Waals surface area contributed by atoms with Gasteiger partial charge in [0.15, 0.2) is 5.78 Å². The summed E-state index contributed by atoms with van der Waals surface area (Å²) in [5, 5.41) is 0. The maximum Gasteiger partial charge on any atom is 0.155 e. The van der Waals surface area contributed by atoms with Gasteiger partial charge in [-0.05, 0) is 51.7 Å². The Morgan fingerprint density at radius 3 is 2.50 bits per heavy atom. The van der Waals surface area contributed by atoms with Crippen LogP contribution in [0.1, 0.15) is 65.9 Å². The molecule has 26 heavy (non-hydrogen) atoms. The summed E-state index contributed by atoms with van der Waals surface area (Å²) in [5.74, 6) is 0.498. The normalized spacial score (nSPS) is 14.5. The van der Waals surface area contributed by atoms with Crippen molar-refractivity contribution in [2.45, 2.75) is 78.6 Å². The van der Waals surface area contributed by atoms with Crippen molar-refractivity contribution in [3.63, 3.8) is 0 Å². The second-order valence-corrected chi connectivity index (χ2v) is 7.94. The molecule has 146 valence electrons. The van der Waals surface area contributed by atoms with Gasteiger partial charge in [-0.25, -0.2) is 0 Å². The highest BCUT2D eigenvalue weighted by molar-refractivity contribution is 5.89. The van der Waals surface area contributed by atoms with E-state index in [1.165, 1.54) is 5.56 Å². The first-order valence-electron chi connectivity index (χ1n) is 9.80. The van der Waals surface area contributed by atoms with Crippen LogP contribution in [0.4, 0.5) is 0 Å². The summed E-state index contributed by atoms with van der Waals surface area (Å²) in [6.45, 7) is 11.7. The topological polar surface area (TPSA) is 35.5 Å². The van der Waals surface area contributed by atoms with Crippen molar-refractivity contribution in [3.8, 4) is 0 Å². The van der Waals surface area contributed by atoms with Crippen LogP contribution in [0.5, 0.6) is 0 Å². The third-order valence-electron chi connectivity index (χ3n) is 4.05. The fourth-order valence-electron chi connectivity index (χ4n) is 2.76. The van der Waals surface area contributed by atoms with Gasteiger partial charge in [-0.2, -0.15) is 0 Å². The number of allylic oxidation sites excluding steroid dienone is 2. The second-order valence-electron chi connectivity index (χ2n) is 7.94. The van der Waals surface area contributed by atoms with E-state index in [4.69, 9.17) is 9.47 Å². The van der Waals surface area contributed by atoms with Crippen molar-refractivity contribution >= 4 is 5.78 Å². The van der Waals surface area contributed by atoms with Gasteiger partial charge in [-0.1, -0.05) is 50.3 Å². The van der Waals surface area contributed by atoms with Crippen molar-refractivity contribution < 1.29 is 14.3 Å². The van der Waals surface area contributed by atoms with Gasteiger partial charge in [0.25, 0.3) is 0 Å². The minimum atomic E-state index is -0.194. The molecule has 0 aliphatic rings. The third-order valence-corrected chi connectivity index (χ3v) is 4.05. The van der Waals surface area contributed by atoms with Crippen molar-refractivity contribution in [2.75, 3.05) is 6.61 Å². The molecule has 0 radical (unpaired) electrons. The van der Waals surface area contributed by atoms with Gasteiger partial charge in [-0.15, -0.1) is 0 Å². The maximum absolute atomic E-state index is 11.6. The fraction of sp³-hybridized carbons (Fsp3) is 0.609. The number of benzene rings is 1. The van der Waals surface area contributed by atoms with Crippen LogP contribution in [0.15, 0.2) is 42.5 Å². The van der Waals surface area contributed by atoms with Gasteiger partial charge in [0.05, 0.1) is 24.9 Å². The molecular weight excluding hydrogens is 324 g/mol. The van der Waals surface area contributed by atoms with Crippen molar-refractivity contribution in [2.24, 2.45) is 5.92 Å². The molecule has 0 aromatic heterocycles. The average molecular weight is 361 g/mol. The molecule has 0 heterocycles. The van der Waals surface area contributed by atoms with E-state index in [1.807, 2.05) is 31.2 Å². The van der Waals surface area contributed by atoms with Crippen LogP contribution in [0.3, 0.4) is 0 Å². The zero-order valence-corrected chi connectivity index (χ0v) is 17.2. The first-order chi connectivity index (χ1) is 12.3. The third kappa shape index (κ3) is 10.5. The van der Waals surface area contributed by atoms with Crippen LogP contribution < -0.4 is 0 Å². The number of carbonyl (C=O) groups is 1. The van der Waals surface area contributed by atoms with E-state index in [0.29, 0.717) is 19.6 Å². The van der Waals surface area contributed by atoms with Crippen LogP contribution in [-0.4, -0.2) is 24.1 Å². The Morgan fingerprint density at radius 1 is 1.19 bits per heavy atom. The van der Waals surface area contributed by atoms with E-state index in [2.05, 4.69) is 39.8 Å². The monoisotopic (exact) mass is 360 g/mol. The summed E-state index contributed by atoms with van der Waals surface area (Å²) in [5.41, 5.74) is 0.991. The second kappa shape index (κ2) is 12.0. The van der Waals surface area contributed by atoms with E-state index in [1.54, 1.807) is 6.08 Å². The van der Waals surface area contributed by atoms with Gasteiger partial charge in [-0.3, -0.25) is 4.79 Å². The molecule has 3 heteroatoms. The lowest BCUT2D eigenvalue weighted by Gasteiger charge is -2.31. The molecule has 2 atom stereocenters. The lowest BCUT2D eigenvalue weighted by atomic mass is 9.99. The summed E-state index contributed by atoms with van der Waals surface area (Å²) < 4.78 is 12.2. The van der Waals surface area contributed by atoms with Crippen LogP contribution in [0.25, 0.3) is 0 Å². The van der Waals surface area contributed by atoms with Gasteiger partial charge in [0, 0.05) is 12.3 Å². The molecule has 0 spiro atoms. The fourth-order valence-corrected chi connectivity index (χ4v) is 2.76. The number of hydrogen-bond donors (Lipinski definition) is 0. The molecular formula is C23H36O3. The first kappa shape index (κ1) is 22.6. The zero-order chi connectivity index (χ0) is 19.4. The number of rotatable bonds is 12. The summed E-state index contributed by atoms with van der Waals surface area (Å²) >= 11 is 0. The van der Waals surface area contributed by atoms with Gasteiger partial charge in [0.1, 0.15) is 0 Å². The summed E-state index contributed by atoms with van der Waals surface area (Å²) in [4.78, 5) is 11.6. The first-order valence-corrected chi connectivity index (χ1v) is 9.80. The molecule has 1 rings (SSSR count). The standard InChI is InChI=1S/C23H36O3/c1-6-12-21(24)15-10-11-16-22(26-23(3,4)5)19(2)17-25-18-20-13-8-7-9-14-20/h7-10,13-15,19,22H,6,11-12,16-18H2,1-5H3/b15-10+/t19-,22+/m0/s1. The van der Waals surface area contributed by atoms with Gasteiger partial charge >= 0.3 is 0 Å². The van der Waals surface area contributed by atoms with E-state index in [9.17, 15) is 4.79 Å². The Hall–Kier alpha value is -1.45. The number of ketones is 1. The highest BCUT2D eigenvalue weighted by atomic mass is 16.5. The molecule has 0 aliphatic heterocycles. The summed E-state index contributed by atoms with van der Waals surface area (Å²) in [6, 6.07) is 10.2. The Labute approximate surface area is 159 Å². The predicted molar refractivity (Wildman–Crippen MR) is 108 cm³/mol. The zero-order valence-electron chi connectivity index (χ0n) is 17.2. The van der Waals surface area contributed by atoms with Crippen molar-refractivity contribution in [1.82, 2.24) is 0 Å². The number of carbonyl (C=O) groups excluding carboxylic acids is 1. The summed E-state index contributed by atoms with van der Waals surface area (Å²) in [7, 11) is 0. The molecule has 0 aliphatic carbocycles. The number of hydrogen-bond acceptors (Lipinski definition) is 3. The SMILES string of the molecule is CCCC(=O)/C=C/CC[C@@H](OC(C)(C)C)[C@@H](C)COCc1ccccc1. The number of ether oxygens (including phenoxy) is 2. The summed E-state index contributed by atoms with van der Waals surface area (Å²) in [6.07, 6.45) is 7.07. The molecule has 1 aromatic carbocycles. The average Bonchev–Trinajstić information content (AvgIpc) is 2.57. The molecule has 0 unspecified atom stereocenters. The van der Waals surface area contributed by atoms with E-state index in [0.717, 1.165) is 19.3 Å². The quantitative estimate of drug-likeness (QED) is 0.447. The highest BCUT2D eigenvalue weighted by Crippen LogP contribution is 2.22. The molecule has 0 fully saturated rings. The molecule has 1 aromatic rings. The molecule has 0 amide bonds. The van der Waals surface area contributed by atoms with E-state index in [-0.39, 0.29) is 23.4 Å². The minimum Gasteiger partial charge on any atom is -0.376 e. The van der Waals surface area contributed by atoms with Crippen LogP contribution in [-0.2, 0) is 20.9 Å². The molecule has 0 saturated heterocycles.